The molecular formula is C28H39BrO. The van der Waals surface area contributed by atoms with Crippen molar-refractivity contribution in [2.24, 2.45) is 5.92 Å². The Morgan fingerprint density at radius 1 is 0.833 bits per heavy atom. The van der Waals surface area contributed by atoms with Gasteiger partial charge in [-0.1, -0.05) is 76.3 Å². The number of benzene rings is 2. The number of hydrogen-bond acceptors (Lipinski definition) is 1. The predicted octanol–water partition coefficient (Wildman–Crippen LogP) is 9.22. The zero-order chi connectivity index (χ0) is 21.2. The van der Waals surface area contributed by atoms with Gasteiger partial charge in [-0.2, -0.15) is 0 Å². The van der Waals surface area contributed by atoms with Gasteiger partial charge in [-0.25, -0.2) is 0 Å². The van der Waals surface area contributed by atoms with Crippen molar-refractivity contribution in [1.29, 1.82) is 0 Å². The van der Waals surface area contributed by atoms with Crippen molar-refractivity contribution in [2.75, 3.05) is 0 Å². The predicted molar refractivity (Wildman–Crippen MR) is 132 cm³/mol. The summed E-state index contributed by atoms with van der Waals surface area (Å²) in [6.07, 6.45) is 14.6. The first kappa shape index (κ1) is 23.4. The van der Waals surface area contributed by atoms with Crippen LogP contribution in [0.5, 0.6) is 5.75 Å². The van der Waals surface area contributed by atoms with Crippen molar-refractivity contribution in [2.45, 2.75) is 97.0 Å². The Hall–Kier alpha value is -1.28. The van der Waals surface area contributed by atoms with E-state index >= 15 is 0 Å². The van der Waals surface area contributed by atoms with E-state index in [0.29, 0.717) is 6.61 Å². The molecule has 0 amide bonds. The average Bonchev–Trinajstić information content (AvgIpc) is 2.79. The van der Waals surface area contributed by atoms with Crippen LogP contribution in [0, 0.1) is 5.92 Å². The number of halogens is 1. The molecule has 0 radical (unpaired) electrons. The van der Waals surface area contributed by atoms with Gasteiger partial charge in [0.05, 0.1) is 4.47 Å². The molecule has 0 aliphatic heterocycles. The Balaban J connectivity index is 1.46. The van der Waals surface area contributed by atoms with Crippen LogP contribution in [-0.2, 0) is 13.0 Å². The summed E-state index contributed by atoms with van der Waals surface area (Å²) in [5.74, 6) is 2.65. The molecule has 0 atom stereocenters. The van der Waals surface area contributed by atoms with Gasteiger partial charge in [0.15, 0.2) is 0 Å². The van der Waals surface area contributed by atoms with Crippen molar-refractivity contribution >= 4 is 15.9 Å². The fraction of sp³-hybridized carbons (Fsp3) is 0.571. The van der Waals surface area contributed by atoms with Gasteiger partial charge in [0.1, 0.15) is 12.4 Å². The SMILES string of the molecule is CCCCCCCc1ccc(OCc2ccc([C@H]3CC[C@H](CC)CC3)cc2)c(Br)c1. The topological polar surface area (TPSA) is 9.23 Å². The number of unbranched alkanes of at least 4 members (excludes halogenated alkanes) is 4. The molecule has 0 bridgehead atoms. The highest BCUT2D eigenvalue weighted by Crippen LogP contribution is 2.37. The summed E-state index contributed by atoms with van der Waals surface area (Å²) in [5, 5.41) is 0. The monoisotopic (exact) mass is 470 g/mol. The van der Waals surface area contributed by atoms with Crippen LogP contribution < -0.4 is 4.74 Å². The average molecular weight is 472 g/mol. The maximum absolute atomic E-state index is 6.10. The number of hydrogen-bond donors (Lipinski definition) is 0. The molecule has 0 unspecified atom stereocenters. The molecule has 1 aliphatic rings. The summed E-state index contributed by atoms with van der Waals surface area (Å²) >= 11 is 3.70. The van der Waals surface area contributed by atoms with Gasteiger partial charge in [0.25, 0.3) is 0 Å². The summed E-state index contributed by atoms with van der Waals surface area (Å²) in [5.41, 5.74) is 4.15. The molecule has 1 saturated carbocycles. The van der Waals surface area contributed by atoms with E-state index in [0.717, 1.165) is 28.5 Å². The molecular weight excluding hydrogens is 432 g/mol. The van der Waals surface area contributed by atoms with E-state index < -0.39 is 0 Å². The van der Waals surface area contributed by atoms with Gasteiger partial charge in [-0.05, 0) is 95.1 Å². The molecule has 0 N–H and O–H groups in total. The second-order valence-electron chi connectivity index (χ2n) is 9.09. The normalized spacial score (nSPS) is 19.0. The molecule has 0 spiro atoms. The zero-order valence-electron chi connectivity index (χ0n) is 19.0. The Kier molecular flexibility index (Phi) is 9.78. The maximum Gasteiger partial charge on any atom is 0.134 e. The summed E-state index contributed by atoms with van der Waals surface area (Å²) in [6, 6.07) is 15.7. The van der Waals surface area contributed by atoms with Crippen LogP contribution in [0.4, 0.5) is 0 Å². The van der Waals surface area contributed by atoms with Crippen LogP contribution in [0.2, 0.25) is 0 Å². The van der Waals surface area contributed by atoms with Crippen LogP contribution in [0.25, 0.3) is 0 Å². The van der Waals surface area contributed by atoms with Crippen molar-refractivity contribution < 1.29 is 4.74 Å². The first-order chi connectivity index (χ1) is 14.7. The molecule has 2 heteroatoms. The van der Waals surface area contributed by atoms with Crippen LogP contribution >= 0.6 is 15.9 Å². The van der Waals surface area contributed by atoms with Crippen LogP contribution in [0.3, 0.4) is 0 Å². The fourth-order valence-electron chi connectivity index (χ4n) is 4.70. The lowest BCUT2D eigenvalue weighted by Crippen LogP contribution is -2.12. The highest BCUT2D eigenvalue weighted by Gasteiger charge is 2.21. The van der Waals surface area contributed by atoms with Crippen molar-refractivity contribution in [3.63, 3.8) is 0 Å². The van der Waals surface area contributed by atoms with E-state index in [9.17, 15) is 0 Å². The van der Waals surface area contributed by atoms with Gasteiger partial charge in [-0.15, -0.1) is 0 Å². The molecule has 3 rings (SSSR count). The summed E-state index contributed by atoms with van der Waals surface area (Å²) in [7, 11) is 0. The molecule has 30 heavy (non-hydrogen) atoms. The van der Waals surface area contributed by atoms with Crippen molar-refractivity contribution in [3.05, 3.63) is 63.6 Å². The lowest BCUT2D eigenvalue weighted by Gasteiger charge is -2.28. The number of rotatable bonds is 11. The molecule has 2 aromatic rings. The lowest BCUT2D eigenvalue weighted by molar-refractivity contribution is 0.303. The minimum atomic E-state index is 0.623. The molecule has 2 aromatic carbocycles. The van der Waals surface area contributed by atoms with Crippen LogP contribution in [0.15, 0.2) is 46.9 Å². The highest BCUT2D eigenvalue weighted by molar-refractivity contribution is 9.10. The first-order valence-corrected chi connectivity index (χ1v) is 13.0. The van der Waals surface area contributed by atoms with Crippen molar-refractivity contribution in [1.82, 2.24) is 0 Å². The molecule has 1 nitrogen and oxygen atoms in total. The molecule has 0 heterocycles. The summed E-state index contributed by atoms with van der Waals surface area (Å²) in [6.45, 7) is 5.22. The minimum absolute atomic E-state index is 0.623. The maximum atomic E-state index is 6.10. The third-order valence-electron chi connectivity index (χ3n) is 6.83. The third-order valence-corrected chi connectivity index (χ3v) is 7.45. The summed E-state index contributed by atoms with van der Waals surface area (Å²) < 4.78 is 7.17. The quantitative estimate of drug-likeness (QED) is 0.297. The van der Waals surface area contributed by atoms with Gasteiger partial charge in [0, 0.05) is 0 Å². The second kappa shape index (κ2) is 12.5. The third kappa shape index (κ3) is 7.15. The zero-order valence-corrected chi connectivity index (χ0v) is 20.6. The Labute approximate surface area is 192 Å². The number of aryl methyl sites for hydroxylation is 1. The Morgan fingerprint density at radius 2 is 1.53 bits per heavy atom. The minimum Gasteiger partial charge on any atom is -0.488 e. The molecule has 0 aromatic heterocycles. The van der Waals surface area contributed by atoms with E-state index in [4.69, 9.17) is 4.74 Å². The first-order valence-electron chi connectivity index (χ1n) is 12.2. The lowest BCUT2D eigenvalue weighted by atomic mass is 9.78. The molecule has 0 saturated heterocycles. The van der Waals surface area contributed by atoms with Crippen LogP contribution in [-0.4, -0.2) is 0 Å². The van der Waals surface area contributed by atoms with E-state index in [2.05, 4.69) is 72.2 Å². The smallest absolute Gasteiger partial charge is 0.134 e. The van der Waals surface area contributed by atoms with Gasteiger partial charge in [0.2, 0.25) is 0 Å². The van der Waals surface area contributed by atoms with Crippen LogP contribution in [0.1, 0.15) is 101 Å². The van der Waals surface area contributed by atoms with Gasteiger partial charge in [-0.3, -0.25) is 0 Å². The van der Waals surface area contributed by atoms with E-state index in [1.54, 1.807) is 0 Å². The highest BCUT2D eigenvalue weighted by atomic mass is 79.9. The largest absolute Gasteiger partial charge is 0.488 e. The van der Waals surface area contributed by atoms with Crippen molar-refractivity contribution in [3.8, 4) is 5.75 Å². The van der Waals surface area contributed by atoms with E-state index in [1.807, 2.05) is 0 Å². The van der Waals surface area contributed by atoms with E-state index in [-0.39, 0.29) is 0 Å². The Bertz CT molecular complexity index is 744. The standard InChI is InChI=1S/C28H39BrO/c1-3-5-6-7-8-9-23-14-19-28(27(29)20-23)30-21-24-12-17-26(18-13-24)25-15-10-22(4-2)11-16-25/h12-14,17-20,22,25H,3-11,15-16,21H2,1-2H3/t22-,25-. The molecule has 1 fully saturated rings. The Morgan fingerprint density at radius 3 is 2.20 bits per heavy atom. The number of ether oxygens (including phenoxy) is 1. The second-order valence-corrected chi connectivity index (χ2v) is 9.94. The molecule has 164 valence electrons. The van der Waals surface area contributed by atoms with Gasteiger partial charge < -0.3 is 4.74 Å². The fourth-order valence-corrected chi connectivity index (χ4v) is 5.24. The summed E-state index contributed by atoms with van der Waals surface area (Å²) in [4.78, 5) is 0. The molecule has 1 aliphatic carbocycles. The van der Waals surface area contributed by atoms with E-state index in [1.165, 1.54) is 80.9 Å². The van der Waals surface area contributed by atoms with Gasteiger partial charge >= 0.3 is 0 Å².